The molecule has 0 amide bonds. The average molecular weight is 413 g/mol. The molecule has 4 aliphatic rings. The molecule has 160 valence electrons. The highest BCUT2D eigenvalue weighted by Crippen LogP contribution is 2.66. The maximum atomic E-state index is 13.1. The molecule has 0 N–H and O–H groups in total. The molecule has 3 nitrogen and oxygen atoms in total. The summed E-state index contributed by atoms with van der Waals surface area (Å²) in [7, 11) is 0. The zero-order chi connectivity index (χ0) is 20.4. The fourth-order valence-corrected chi connectivity index (χ4v) is 6.62. The van der Waals surface area contributed by atoms with E-state index in [2.05, 4.69) is 4.90 Å². The predicted octanol–water partition coefficient (Wildman–Crippen LogP) is 4.99. The maximum Gasteiger partial charge on any atom is 0.389 e. The quantitative estimate of drug-likeness (QED) is 0.480. The molecule has 0 aromatic heterocycles. The third-order valence-corrected chi connectivity index (χ3v) is 7.58. The SMILES string of the molecule is O=C1CC2(CCC(F)(F)F)CC(CCC(F)(F)F)[C@@H]3C[C@@]2(O1)[C@H]1CCCCN31. The standard InChI is InChI=1S/C19H25F6NO2/c20-18(21,22)5-4-12-9-16(6-7-19(23,24)25)11-15(27)28-17(16)10-13(12)26-8-2-1-3-14(17)26/h12-14H,1-11H2/t12?,13-,14+,16?,17+/m0/s1. The summed E-state index contributed by atoms with van der Waals surface area (Å²) >= 11 is 0. The van der Waals surface area contributed by atoms with Crippen molar-refractivity contribution >= 4 is 5.97 Å². The summed E-state index contributed by atoms with van der Waals surface area (Å²) in [6.45, 7) is 0.715. The number of hydrogen-bond donors (Lipinski definition) is 0. The lowest BCUT2D eigenvalue weighted by Gasteiger charge is -2.49. The second kappa shape index (κ2) is 6.51. The molecule has 3 saturated heterocycles. The lowest BCUT2D eigenvalue weighted by Crippen LogP contribution is -2.56. The maximum absolute atomic E-state index is 13.1. The van der Waals surface area contributed by atoms with Gasteiger partial charge in [0.2, 0.25) is 0 Å². The topological polar surface area (TPSA) is 29.5 Å². The molecule has 28 heavy (non-hydrogen) atoms. The number of alkyl halides is 6. The van der Waals surface area contributed by atoms with Crippen molar-refractivity contribution in [3.63, 3.8) is 0 Å². The summed E-state index contributed by atoms with van der Waals surface area (Å²) in [5.74, 6) is -0.856. The largest absolute Gasteiger partial charge is 0.457 e. The second-order valence-corrected chi connectivity index (χ2v) is 9.07. The molecule has 9 heteroatoms. The zero-order valence-electron chi connectivity index (χ0n) is 15.5. The highest BCUT2D eigenvalue weighted by molar-refractivity contribution is 5.74. The fraction of sp³-hybridized carbons (Fsp3) is 0.947. The number of nitrogens with zero attached hydrogens (tertiary/aromatic N) is 1. The number of piperidine rings is 1. The normalized spacial score (nSPS) is 40.9. The van der Waals surface area contributed by atoms with E-state index in [4.69, 9.17) is 4.74 Å². The van der Waals surface area contributed by atoms with Crippen molar-refractivity contribution in [1.82, 2.24) is 4.90 Å². The molecule has 1 aliphatic carbocycles. The van der Waals surface area contributed by atoms with Crippen molar-refractivity contribution in [2.45, 2.75) is 94.2 Å². The number of fused-ring (bicyclic) bond motifs is 3. The summed E-state index contributed by atoms with van der Waals surface area (Å²) in [6.07, 6.45) is -7.97. The number of rotatable bonds is 4. The minimum Gasteiger partial charge on any atom is -0.457 e. The second-order valence-electron chi connectivity index (χ2n) is 9.07. The van der Waals surface area contributed by atoms with Gasteiger partial charge in [0.05, 0.1) is 12.5 Å². The van der Waals surface area contributed by atoms with Crippen molar-refractivity contribution < 1.29 is 35.9 Å². The van der Waals surface area contributed by atoms with Crippen LogP contribution in [0.1, 0.15) is 64.2 Å². The van der Waals surface area contributed by atoms with Crippen LogP contribution in [0.25, 0.3) is 0 Å². The van der Waals surface area contributed by atoms with Crippen LogP contribution < -0.4 is 0 Å². The van der Waals surface area contributed by atoms with Crippen molar-refractivity contribution in [1.29, 1.82) is 0 Å². The number of carbonyl (C=O) groups is 1. The van der Waals surface area contributed by atoms with Gasteiger partial charge in [-0.2, -0.15) is 26.3 Å². The van der Waals surface area contributed by atoms with Gasteiger partial charge in [-0.25, -0.2) is 0 Å². The summed E-state index contributed by atoms with van der Waals surface area (Å²) in [5, 5.41) is 0. The first-order valence-electron chi connectivity index (χ1n) is 10.1. The van der Waals surface area contributed by atoms with Gasteiger partial charge in [-0.1, -0.05) is 6.42 Å². The lowest BCUT2D eigenvalue weighted by atomic mass is 9.56. The van der Waals surface area contributed by atoms with E-state index in [1.807, 2.05) is 0 Å². The lowest BCUT2D eigenvalue weighted by molar-refractivity contribution is -0.167. The molecule has 4 fully saturated rings. The predicted molar refractivity (Wildman–Crippen MR) is 87.3 cm³/mol. The highest BCUT2D eigenvalue weighted by Gasteiger charge is 2.73. The Labute approximate surface area is 159 Å². The molecule has 0 radical (unpaired) electrons. The van der Waals surface area contributed by atoms with Gasteiger partial charge in [0.25, 0.3) is 0 Å². The Bertz CT molecular complexity index is 635. The first-order valence-corrected chi connectivity index (χ1v) is 10.1. The molecule has 3 aliphatic heterocycles. The minimum absolute atomic E-state index is 0.102. The first kappa shape index (κ1) is 20.3. The Hall–Kier alpha value is -0.990. The van der Waals surface area contributed by atoms with Crippen LogP contribution >= 0.6 is 0 Å². The van der Waals surface area contributed by atoms with Crippen molar-refractivity contribution in [3.05, 3.63) is 0 Å². The van der Waals surface area contributed by atoms with Gasteiger partial charge in [0.1, 0.15) is 5.60 Å². The van der Waals surface area contributed by atoms with Crippen molar-refractivity contribution in [3.8, 4) is 0 Å². The number of ether oxygens (including phenoxy) is 1. The molecule has 0 aromatic rings. The van der Waals surface area contributed by atoms with Crippen LogP contribution in [0, 0.1) is 11.3 Å². The van der Waals surface area contributed by atoms with E-state index in [0.717, 1.165) is 19.3 Å². The van der Waals surface area contributed by atoms with Crippen molar-refractivity contribution in [2.75, 3.05) is 6.54 Å². The average Bonchev–Trinajstić information content (AvgIpc) is 3.04. The van der Waals surface area contributed by atoms with Gasteiger partial charge >= 0.3 is 18.3 Å². The molecule has 2 unspecified atom stereocenters. The Morgan fingerprint density at radius 2 is 1.75 bits per heavy atom. The number of carbonyl (C=O) groups excluding carboxylic acids is 1. The summed E-state index contributed by atoms with van der Waals surface area (Å²) in [4.78, 5) is 14.5. The summed E-state index contributed by atoms with van der Waals surface area (Å²) < 4.78 is 83.6. The summed E-state index contributed by atoms with van der Waals surface area (Å²) in [5.41, 5.74) is -1.97. The van der Waals surface area contributed by atoms with Crippen LogP contribution in [0.3, 0.4) is 0 Å². The zero-order valence-corrected chi connectivity index (χ0v) is 15.5. The van der Waals surface area contributed by atoms with E-state index < -0.39 is 42.2 Å². The summed E-state index contributed by atoms with van der Waals surface area (Å²) in [6, 6.07) is -0.306. The van der Waals surface area contributed by atoms with Gasteiger partial charge in [-0.3, -0.25) is 9.69 Å². The van der Waals surface area contributed by atoms with Crippen LogP contribution in [-0.2, 0) is 9.53 Å². The third kappa shape index (κ3) is 3.31. The van der Waals surface area contributed by atoms with E-state index in [9.17, 15) is 31.1 Å². The molecule has 0 aromatic carbocycles. The highest BCUT2D eigenvalue weighted by atomic mass is 19.4. The van der Waals surface area contributed by atoms with Gasteiger partial charge in [0.15, 0.2) is 0 Å². The monoisotopic (exact) mass is 413 g/mol. The fourth-order valence-electron chi connectivity index (χ4n) is 6.62. The smallest absolute Gasteiger partial charge is 0.389 e. The Balaban J connectivity index is 1.68. The Morgan fingerprint density at radius 3 is 2.43 bits per heavy atom. The van der Waals surface area contributed by atoms with Gasteiger partial charge in [-0.05, 0) is 44.6 Å². The molecule has 3 heterocycles. The number of halogens is 6. The van der Waals surface area contributed by atoms with Crippen LogP contribution in [0.2, 0.25) is 0 Å². The minimum atomic E-state index is -4.37. The van der Waals surface area contributed by atoms with Crippen molar-refractivity contribution in [2.24, 2.45) is 11.3 Å². The van der Waals surface area contributed by atoms with E-state index in [0.29, 0.717) is 13.0 Å². The van der Waals surface area contributed by atoms with Crippen LogP contribution in [-0.4, -0.2) is 47.5 Å². The molecule has 1 spiro atoms. The Kier molecular flexibility index (Phi) is 4.71. The van der Waals surface area contributed by atoms with E-state index >= 15 is 0 Å². The molecule has 2 bridgehead atoms. The molecule has 5 atom stereocenters. The molecule has 1 saturated carbocycles. The van der Waals surface area contributed by atoms with E-state index in [1.165, 1.54) is 0 Å². The third-order valence-electron chi connectivity index (χ3n) is 7.58. The van der Waals surface area contributed by atoms with Gasteiger partial charge < -0.3 is 4.74 Å². The number of hydrogen-bond acceptors (Lipinski definition) is 3. The molecular formula is C19H25F6NO2. The van der Waals surface area contributed by atoms with Gasteiger partial charge in [0, 0.05) is 30.7 Å². The van der Waals surface area contributed by atoms with Gasteiger partial charge in [-0.15, -0.1) is 0 Å². The molecular weight excluding hydrogens is 388 g/mol. The van der Waals surface area contributed by atoms with Crippen LogP contribution in [0.5, 0.6) is 0 Å². The van der Waals surface area contributed by atoms with E-state index in [1.54, 1.807) is 0 Å². The van der Waals surface area contributed by atoms with E-state index in [-0.39, 0.29) is 43.7 Å². The first-order chi connectivity index (χ1) is 12.9. The number of esters is 1. The van der Waals surface area contributed by atoms with Crippen LogP contribution in [0.15, 0.2) is 0 Å². The Morgan fingerprint density at radius 1 is 1.04 bits per heavy atom. The molecule has 4 rings (SSSR count). The van der Waals surface area contributed by atoms with Crippen LogP contribution in [0.4, 0.5) is 26.3 Å².